The molecule has 1 fully saturated rings. The first kappa shape index (κ1) is 28.6. The van der Waals surface area contributed by atoms with E-state index in [-0.39, 0.29) is 16.9 Å². The van der Waals surface area contributed by atoms with Gasteiger partial charge in [-0.1, -0.05) is 12.1 Å². The number of carbonyl (C=O) groups is 4. The summed E-state index contributed by atoms with van der Waals surface area (Å²) in [5, 5.41) is 18.0. The van der Waals surface area contributed by atoms with Crippen LogP contribution >= 0.6 is 0 Å². The highest BCUT2D eigenvalue weighted by atomic mass is 16.7. The van der Waals surface area contributed by atoms with Gasteiger partial charge in [-0.15, -0.1) is 0 Å². The van der Waals surface area contributed by atoms with E-state index in [4.69, 9.17) is 40.6 Å². The van der Waals surface area contributed by atoms with Crippen molar-refractivity contribution in [2.75, 3.05) is 25.3 Å². The zero-order valence-corrected chi connectivity index (χ0v) is 20.6. The van der Waals surface area contributed by atoms with Crippen LogP contribution in [-0.2, 0) is 33.4 Å². The summed E-state index contributed by atoms with van der Waals surface area (Å²) < 4.78 is 23.1. The highest BCUT2D eigenvalue weighted by Gasteiger charge is 2.52. The molecule has 4 rings (SSSR count). The molecule has 1 aromatic carbocycles. The lowest BCUT2D eigenvalue weighted by atomic mass is 10.0. The minimum Gasteiger partial charge on any atom is -0.462 e. The number of hydrogen-bond donors (Lipinski definition) is 5. The number of nitrogens with zero attached hydrogens (tertiary/aromatic N) is 2. The van der Waals surface area contributed by atoms with Crippen LogP contribution in [0.15, 0.2) is 41.3 Å². The molecule has 17 heteroatoms. The fourth-order valence-corrected chi connectivity index (χ4v) is 3.81. The Hall–Kier alpha value is -4.42. The van der Waals surface area contributed by atoms with Crippen molar-refractivity contribution in [3.8, 4) is 0 Å². The van der Waals surface area contributed by atoms with Gasteiger partial charge in [-0.2, -0.15) is 4.98 Å². The second kappa shape index (κ2) is 12.2. The normalized spacial score (nSPS) is 23.3. The highest BCUT2D eigenvalue weighted by Crippen LogP contribution is 2.36. The number of anilines is 1. The molecule has 2 aromatic rings. The molecule has 0 saturated carbocycles. The van der Waals surface area contributed by atoms with Crippen molar-refractivity contribution in [1.29, 1.82) is 0 Å². The smallest absolute Gasteiger partial charge is 0.351 e. The molecule has 17 nitrogen and oxygen atoms in total. The summed E-state index contributed by atoms with van der Waals surface area (Å²) in [6.45, 7) is -1.90. The third-order valence-electron chi connectivity index (χ3n) is 5.89. The molecule has 6 atom stereocenters. The number of esters is 3. The predicted octanol–water partition coefficient (Wildman–Crippen LogP) is -3.04. The minimum atomic E-state index is -1.42. The van der Waals surface area contributed by atoms with Gasteiger partial charge in [-0.25, -0.2) is 24.7 Å². The molecule has 0 amide bonds. The Bertz CT molecular complexity index is 1350. The van der Waals surface area contributed by atoms with Crippen molar-refractivity contribution in [3.05, 3.63) is 58.1 Å². The number of carbonyl (C=O) groups excluding carboxylic acids is 4. The van der Waals surface area contributed by atoms with E-state index in [0.717, 1.165) is 10.8 Å². The second-order valence-electron chi connectivity index (χ2n) is 8.58. The number of aromatic nitrogens is 2. The predicted molar refractivity (Wildman–Crippen MR) is 128 cm³/mol. The number of benzene rings is 1. The van der Waals surface area contributed by atoms with Gasteiger partial charge in [-0.05, 0) is 12.1 Å². The first-order valence-electron chi connectivity index (χ1n) is 11.8. The van der Waals surface area contributed by atoms with E-state index >= 15 is 0 Å². The SMILES string of the molecule is N[C@H](CO)C(=O)ONc1ccn([C@@H]2O[C@H](COC(=O)[C@@H](N)CO)[C@H]3OC(=O)c4ccccc4C(=O)O[C@H]32)c(=O)n1. The molecule has 1 aromatic heterocycles. The van der Waals surface area contributed by atoms with E-state index in [0.29, 0.717) is 0 Å². The first-order valence-corrected chi connectivity index (χ1v) is 11.8. The zero-order chi connectivity index (χ0) is 29.0. The Morgan fingerprint density at radius 3 is 2.17 bits per heavy atom. The molecule has 1 saturated heterocycles. The number of ether oxygens (including phenoxy) is 4. The van der Waals surface area contributed by atoms with Crippen LogP contribution in [0.3, 0.4) is 0 Å². The molecule has 0 aliphatic carbocycles. The summed E-state index contributed by atoms with van der Waals surface area (Å²) in [5.41, 5.74) is 11.8. The molecule has 0 bridgehead atoms. The van der Waals surface area contributed by atoms with E-state index in [9.17, 15) is 24.0 Å². The van der Waals surface area contributed by atoms with Crippen molar-refractivity contribution < 1.29 is 53.2 Å². The maximum atomic E-state index is 13.0. The van der Waals surface area contributed by atoms with Crippen LogP contribution < -0.4 is 22.6 Å². The summed E-state index contributed by atoms with van der Waals surface area (Å²) in [4.78, 5) is 70.8. The van der Waals surface area contributed by atoms with E-state index in [1.807, 2.05) is 0 Å². The van der Waals surface area contributed by atoms with Crippen LogP contribution in [0.4, 0.5) is 5.82 Å². The number of aliphatic hydroxyl groups is 2. The third-order valence-corrected chi connectivity index (χ3v) is 5.89. The van der Waals surface area contributed by atoms with Crippen LogP contribution in [-0.4, -0.2) is 93.9 Å². The van der Waals surface area contributed by atoms with Gasteiger partial charge in [0.1, 0.15) is 24.8 Å². The van der Waals surface area contributed by atoms with Gasteiger partial charge in [0.05, 0.1) is 24.3 Å². The number of nitrogens with one attached hydrogen (secondary N) is 1. The summed E-state index contributed by atoms with van der Waals surface area (Å²) in [6, 6.07) is 4.30. The van der Waals surface area contributed by atoms with Crippen LogP contribution in [0.2, 0.25) is 0 Å². The Labute approximate surface area is 224 Å². The van der Waals surface area contributed by atoms with Crippen LogP contribution in [0.25, 0.3) is 0 Å². The summed E-state index contributed by atoms with van der Waals surface area (Å²) in [7, 11) is 0. The van der Waals surface area contributed by atoms with Crippen molar-refractivity contribution >= 4 is 29.7 Å². The lowest BCUT2D eigenvalue weighted by molar-refractivity contribution is -0.152. The van der Waals surface area contributed by atoms with Gasteiger partial charge in [-0.3, -0.25) is 9.36 Å². The number of aliphatic hydroxyl groups excluding tert-OH is 2. The molecule has 2 aliphatic rings. The molecule has 7 N–H and O–H groups in total. The Morgan fingerprint density at radius 1 is 0.975 bits per heavy atom. The Morgan fingerprint density at radius 2 is 1.57 bits per heavy atom. The monoisotopic (exact) mass is 563 g/mol. The minimum absolute atomic E-state index is 0.0721. The lowest BCUT2D eigenvalue weighted by Crippen LogP contribution is -2.44. The number of fused-ring (bicyclic) bond motifs is 2. The van der Waals surface area contributed by atoms with Gasteiger partial charge in [0.25, 0.3) is 0 Å². The van der Waals surface area contributed by atoms with Crippen LogP contribution in [0, 0.1) is 0 Å². The van der Waals surface area contributed by atoms with Crippen LogP contribution in [0.1, 0.15) is 26.9 Å². The molecule has 0 spiro atoms. The van der Waals surface area contributed by atoms with Crippen LogP contribution in [0.5, 0.6) is 0 Å². The largest absolute Gasteiger partial charge is 0.462 e. The molecule has 2 aliphatic heterocycles. The lowest BCUT2D eigenvalue weighted by Gasteiger charge is -2.27. The fraction of sp³-hybridized carbons (Fsp3) is 0.391. The maximum absolute atomic E-state index is 13.0. The molecule has 40 heavy (non-hydrogen) atoms. The van der Waals surface area contributed by atoms with E-state index in [1.54, 1.807) is 0 Å². The van der Waals surface area contributed by atoms with Gasteiger partial charge < -0.3 is 45.5 Å². The topological polar surface area (TPSA) is 254 Å². The number of rotatable bonds is 9. The molecule has 0 unspecified atom stereocenters. The third kappa shape index (κ3) is 5.92. The summed E-state index contributed by atoms with van der Waals surface area (Å²) in [6.07, 6.45) is -4.24. The number of hydrogen-bond acceptors (Lipinski definition) is 16. The van der Waals surface area contributed by atoms with Gasteiger partial charge in [0, 0.05) is 12.3 Å². The molecular weight excluding hydrogens is 538 g/mol. The Kier molecular flexibility index (Phi) is 8.70. The average molecular weight is 563 g/mol. The quantitative estimate of drug-likeness (QED) is 0.115. The van der Waals surface area contributed by atoms with E-state index in [2.05, 4.69) is 15.3 Å². The van der Waals surface area contributed by atoms with Crippen molar-refractivity contribution in [2.45, 2.75) is 36.6 Å². The molecule has 0 radical (unpaired) electrons. The van der Waals surface area contributed by atoms with E-state index in [1.165, 1.54) is 30.3 Å². The van der Waals surface area contributed by atoms with Crippen molar-refractivity contribution in [3.63, 3.8) is 0 Å². The second-order valence-corrected chi connectivity index (χ2v) is 8.58. The molecule has 214 valence electrons. The zero-order valence-electron chi connectivity index (χ0n) is 20.6. The highest BCUT2D eigenvalue weighted by molar-refractivity contribution is 6.03. The van der Waals surface area contributed by atoms with Crippen molar-refractivity contribution in [1.82, 2.24) is 9.55 Å². The maximum Gasteiger partial charge on any atom is 0.351 e. The average Bonchev–Trinajstić information content (AvgIpc) is 3.28. The first-order chi connectivity index (χ1) is 19.1. The summed E-state index contributed by atoms with van der Waals surface area (Å²) in [5.74, 6) is -3.99. The van der Waals surface area contributed by atoms with Crippen molar-refractivity contribution in [2.24, 2.45) is 11.5 Å². The van der Waals surface area contributed by atoms with Gasteiger partial charge >= 0.3 is 29.6 Å². The van der Waals surface area contributed by atoms with E-state index < -0.39 is 86.0 Å². The fourth-order valence-electron chi connectivity index (χ4n) is 3.81. The number of nitrogens with two attached hydrogens (primary N) is 2. The standard InChI is InChI=1S/C23H25N5O12/c24-12(7-29)21(33)36-9-14-16-17(39-20(32)11-4-2-1-3-10(11)19(31)38-16)18(37-14)28-6-5-15(26-23(28)35)27-40-22(34)13(25)8-30/h1-6,12-14,16-18,29-30H,7-9,24-25H2,(H,26,27,35)/t12-,13+,14+,16+,17+,18+/m0/s1. The molecule has 3 heterocycles. The van der Waals surface area contributed by atoms with Gasteiger partial charge in [0.15, 0.2) is 24.3 Å². The molecular formula is C23H25N5O12. The summed E-state index contributed by atoms with van der Waals surface area (Å²) >= 11 is 0. The van der Waals surface area contributed by atoms with Gasteiger partial charge in [0.2, 0.25) is 0 Å². The Balaban J connectivity index is 1.62.